The molecule has 0 bridgehead atoms. The number of ether oxygens (including phenoxy) is 1. The number of hydrogen-bond donors (Lipinski definition) is 2. The number of amides is 2. The fourth-order valence-electron chi connectivity index (χ4n) is 1.90. The van der Waals surface area contributed by atoms with Crippen molar-refractivity contribution in [1.82, 2.24) is 0 Å². The SMILES string of the molecule is CC(=O)Nc1cc(NC(=O)OCc2ccccc2)ccc1C. The highest BCUT2D eigenvalue weighted by Gasteiger charge is 2.06. The highest BCUT2D eigenvalue weighted by atomic mass is 16.5. The number of carbonyl (C=O) groups is 2. The molecule has 5 nitrogen and oxygen atoms in total. The van der Waals surface area contributed by atoms with Crippen molar-refractivity contribution < 1.29 is 14.3 Å². The van der Waals surface area contributed by atoms with Gasteiger partial charge in [-0.2, -0.15) is 0 Å². The van der Waals surface area contributed by atoms with E-state index < -0.39 is 6.09 Å². The summed E-state index contributed by atoms with van der Waals surface area (Å²) in [5.74, 6) is -0.160. The van der Waals surface area contributed by atoms with Gasteiger partial charge in [0.05, 0.1) is 0 Å². The minimum absolute atomic E-state index is 0.160. The Morgan fingerprint density at radius 2 is 1.77 bits per heavy atom. The maximum absolute atomic E-state index is 11.8. The van der Waals surface area contributed by atoms with Gasteiger partial charge in [-0.15, -0.1) is 0 Å². The number of rotatable bonds is 4. The van der Waals surface area contributed by atoms with E-state index in [0.29, 0.717) is 11.4 Å². The Morgan fingerprint density at radius 3 is 2.45 bits per heavy atom. The molecule has 0 heterocycles. The van der Waals surface area contributed by atoms with Crippen LogP contribution in [-0.2, 0) is 16.1 Å². The smallest absolute Gasteiger partial charge is 0.411 e. The van der Waals surface area contributed by atoms with Crippen LogP contribution in [0.5, 0.6) is 0 Å². The second-order valence-electron chi connectivity index (χ2n) is 4.90. The van der Waals surface area contributed by atoms with Crippen LogP contribution in [-0.4, -0.2) is 12.0 Å². The lowest BCUT2D eigenvalue weighted by molar-refractivity contribution is -0.114. The molecule has 22 heavy (non-hydrogen) atoms. The van der Waals surface area contributed by atoms with Crippen molar-refractivity contribution in [3.63, 3.8) is 0 Å². The van der Waals surface area contributed by atoms with E-state index in [-0.39, 0.29) is 12.5 Å². The number of benzene rings is 2. The number of nitrogens with one attached hydrogen (secondary N) is 2. The van der Waals surface area contributed by atoms with E-state index in [2.05, 4.69) is 10.6 Å². The summed E-state index contributed by atoms with van der Waals surface area (Å²) in [6.45, 7) is 3.52. The Morgan fingerprint density at radius 1 is 1.05 bits per heavy atom. The van der Waals surface area contributed by atoms with Gasteiger partial charge >= 0.3 is 6.09 Å². The Bertz CT molecular complexity index is 669. The van der Waals surface area contributed by atoms with Crippen LogP contribution in [0.1, 0.15) is 18.1 Å². The monoisotopic (exact) mass is 298 g/mol. The van der Waals surface area contributed by atoms with E-state index in [1.165, 1.54) is 6.92 Å². The predicted molar refractivity (Wildman–Crippen MR) is 85.7 cm³/mol. The summed E-state index contributed by atoms with van der Waals surface area (Å²) in [6.07, 6.45) is -0.540. The molecular formula is C17H18N2O3. The van der Waals surface area contributed by atoms with Gasteiger partial charge in [0.15, 0.2) is 0 Å². The normalized spacial score (nSPS) is 9.91. The average molecular weight is 298 g/mol. The lowest BCUT2D eigenvalue weighted by Gasteiger charge is -2.11. The molecule has 0 fully saturated rings. The van der Waals surface area contributed by atoms with Gasteiger partial charge in [-0.3, -0.25) is 10.1 Å². The maximum Gasteiger partial charge on any atom is 0.411 e. The summed E-state index contributed by atoms with van der Waals surface area (Å²) in [6, 6.07) is 14.7. The van der Waals surface area contributed by atoms with Gasteiger partial charge in [0.1, 0.15) is 6.61 Å². The molecule has 2 amide bonds. The van der Waals surface area contributed by atoms with Gasteiger partial charge in [-0.05, 0) is 30.2 Å². The van der Waals surface area contributed by atoms with Crippen LogP contribution >= 0.6 is 0 Å². The van der Waals surface area contributed by atoms with E-state index in [1.54, 1.807) is 12.1 Å². The fourth-order valence-corrected chi connectivity index (χ4v) is 1.90. The van der Waals surface area contributed by atoms with Crippen molar-refractivity contribution in [1.29, 1.82) is 0 Å². The average Bonchev–Trinajstić information content (AvgIpc) is 2.49. The van der Waals surface area contributed by atoms with Crippen molar-refractivity contribution >= 4 is 23.4 Å². The zero-order chi connectivity index (χ0) is 15.9. The van der Waals surface area contributed by atoms with Crippen molar-refractivity contribution in [3.05, 3.63) is 59.7 Å². The summed E-state index contributed by atoms with van der Waals surface area (Å²) in [7, 11) is 0. The standard InChI is InChI=1S/C17H18N2O3/c1-12-8-9-15(10-16(12)18-13(2)20)19-17(21)22-11-14-6-4-3-5-7-14/h3-10H,11H2,1-2H3,(H,18,20)(H,19,21). The summed E-state index contributed by atoms with van der Waals surface area (Å²) in [4.78, 5) is 22.9. The lowest BCUT2D eigenvalue weighted by Crippen LogP contribution is -2.14. The molecule has 0 saturated heterocycles. The van der Waals surface area contributed by atoms with Gasteiger partial charge in [0.2, 0.25) is 5.91 Å². The highest BCUT2D eigenvalue weighted by Crippen LogP contribution is 2.20. The van der Waals surface area contributed by atoms with E-state index in [4.69, 9.17) is 4.74 Å². The van der Waals surface area contributed by atoms with Gasteiger partial charge in [-0.25, -0.2) is 4.79 Å². The first-order chi connectivity index (χ1) is 10.5. The second kappa shape index (κ2) is 7.26. The van der Waals surface area contributed by atoms with Crippen molar-refractivity contribution in [2.24, 2.45) is 0 Å². The van der Waals surface area contributed by atoms with Crippen molar-refractivity contribution in [2.45, 2.75) is 20.5 Å². The summed E-state index contributed by atoms with van der Waals surface area (Å²) >= 11 is 0. The minimum atomic E-state index is -0.540. The molecule has 2 N–H and O–H groups in total. The molecule has 0 aliphatic carbocycles. The Balaban J connectivity index is 1.95. The molecule has 0 atom stereocenters. The van der Waals surface area contributed by atoms with Crippen LogP contribution in [0.3, 0.4) is 0 Å². The van der Waals surface area contributed by atoms with E-state index in [0.717, 1.165) is 11.1 Å². The molecule has 0 spiro atoms. The Kier molecular flexibility index (Phi) is 5.14. The first kappa shape index (κ1) is 15.6. The van der Waals surface area contributed by atoms with E-state index >= 15 is 0 Å². The molecule has 0 radical (unpaired) electrons. The van der Waals surface area contributed by atoms with Gasteiger partial charge in [-0.1, -0.05) is 36.4 Å². The minimum Gasteiger partial charge on any atom is -0.444 e. The molecule has 2 rings (SSSR count). The third-order valence-electron chi connectivity index (χ3n) is 3.01. The molecule has 0 unspecified atom stereocenters. The van der Waals surface area contributed by atoms with Crippen LogP contribution in [0.4, 0.5) is 16.2 Å². The number of anilines is 2. The largest absolute Gasteiger partial charge is 0.444 e. The zero-order valence-electron chi connectivity index (χ0n) is 12.6. The summed E-state index contributed by atoms with van der Waals surface area (Å²) in [5, 5.41) is 5.35. The first-order valence-electron chi connectivity index (χ1n) is 6.90. The molecular weight excluding hydrogens is 280 g/mol. The van der Waals surface area contributed by atoms with Gasteiger partial charge in [0.25, 0.3) is 0 Å². The summed E-state index contributed by atoms with van der Waals surface area (Å²) in [5.41, 5.74) is 3.06. The van der Waals surface area contributed by atoms with Crippen LogP contribution < -0.4 is 10.6 Å². The zero-order valence-corrected chi connectivity index (χ0v) is 12.6. The van der Waals surface area contributed by atoms with Crippen LogP contribution in [0.2, 0.25) is 0 Å². The quantitative estimate of drug-likeness (QED) is 0.904. The third-order valence-corrected chi connectivity index (χ3v) is 3.01. The lowest BCUT2D eigenvalue weighted by atomic mass is 10.2. The van der Waals surface area contributed by atoms with E-state index in [1.807, 2.05) is 43.3 Å². The fraction of sp³-hybridized carbons (Fsp3) is 0.176. The molecule has 114 valence electrons. The Labute approximate surface area is 129 Å². The highest BCUT2D eigenvalue weighted by molar-refractivity contribution is 5.91. The van der Waals surface area contributed by atoms with Gasteiger partial charge < -0.3 is 10.1 Å². The molecule has 2 aromatic carbocycles. The molecule has 5 heteroatoms. The number of hydrogen-bond acceptors (Lipinski definition) is 3. The maximum atomic E-state index is 11.8. The number of carbonyl (C=O) groups excluding carboxylic acids is 2. The second-order valence-corrected chi connectivity index (χ2v) is 4.90. The third kappa shape index (κ3) is 4.63. The Hall–Kier alpha value is -2.82. The van der Waals surface area contributed by atoms with Crippen LogP contribution in [0.15, 0.2) is 48.5 Å². The topological polar surface area (TPSA) is 67.4 Å². The molecule has 0 aromatic heterocycles. The van der Waals surface area contributed by atoms with Crippen molar-refractivity contribution in [3.8, 4) is 0 Å². The van der Waals surface area contributed by atoms with Crippen molar-refractivity contribution in [2.75, 3.05) is 10.6 Å². The first-order valence-corrected chi connectivity index (χ1v) is 6.90. The van der Waals surface area contributed by atoms with Crippen LogP contribution in [0.25, 0.3) is 0 Å². The molecule has 2 aromatic rings. The molecule has 0 aliphatic heterocycles. The van der Waals surface area contributed by atoms with Gasteiger partial charge in [0, 0.05) is 18.3 Å². The van der Waals surface area contributed by atoms with E-state index in [9.17, 15) is 9.59 Å². The molecule has 0 saturated carbocycles. The van der Waals surface area contributed by atoms with Crippen LogP contribution in [0, 0.1) is 6.92 Å². The number of aryl methyl sites for hydroxylation is 1. The summed E-state index contributed by atoms with van der Waals surface area (Å²) < 4.78 is 5.15. The molecule has 0 aliphatic rings. The predicted octanol–water partition coefficient (Wildman–Crippen LogP) is 3.70.